The van der Waals surface area contributed by atoms with Crippen LogP contribution in [-0.2, 0) is 11.3 Å². The molecule has 2 aliphatic heterocycles. The minimum atomic E-state index is -0.157. The number of nitrogens with zero attached hydrogens (tertiary/aromatic N) is 2. The predicted molar refractivity (Wildman–Crippen MR) is 139 cm³/mol. The van der Waals surface area contributed by atoms with Crippen molar-refractivity contribution >= 4 is 18.3 Å². The molecule has 2 fully saturated rings. The summed E-state index contributed by atoms with van der Waals surface area (Å²) >= 11 is 0. The lowest BCUT2D eigenvalue weighted by molar-refractivity contribution is -0.164. The second-order valence-electron chi connectivity index (χ2n) is 10.1. The summed E-state index contributed by atoms with van der Waals surface area (Å²) in [6, 6.07) is 16.4. The van der Waals surface area contributed by atoms with Crippen molar-refractivity contribution in [2.75, 3.05) is 26.4 Å². The van der Waals surface area contributed by atoms with E-state index in [9.17, 15) is 4.79 Å². The summed E-state index contributed by atoms with van der Waals surface area (Å²) in [5, 5.41) is 0. The number of benzene rings is 2. The van der Waals surface area contributed by atoms with Gasteiger partial charge in [-0.05, 0) is 68.9 Å². The first-order valence-corrected chi connectivity index (χ1v) is 12.3. The van der Waals surface area contributed by atoms with Crippen LogP contribution in [-0.4, -0.2) is 53.8 Å². The fourth-order valence-electron chi connectivity index (χ4n) is 5.22. The van der Waals surface area contributed by atoms with Crippen LogP contribution in [0.25, 0.3) is 0 Å². The minimum Gasteiger partial charge on any atom is -0.491 e. The predicted octanol–water partition coefficient (Wildman–Crippen LogP) is 5.69. The molecule has 4 rings (SSSR count). The van der Waals surface area contributed by atoms with Gasteiger partial charge in [0.1, 0.15) is 12.5 Å². The van der Waals surface area contributed by atoms with Gasteiger partial charge in [-0.1, -0.05) is 43.7 Å². The van der Waals surface area contributed by atoms with E-state index in [1.807, 2.05) is 43.9 Å². The smallest absolute Gasteiger partial charge is 0.255 e. The molecule has 2 unspecified atom stereocenters. The van der Waals surface area contributed by atoms with Crippen molar-refractivity contribution in [1.82, 2.24) is 9.80 Å². The van der Waals surface area contributed by atoms with Gasteiger partial charge >= 0.3 is 0 Å². The van der Waals surface area contributed by atoms with E-state index in [1.54, 1.807) is 0 Å². The highest BCUT2D eigenvalue weighted by Gasteiger charge is 2.43. The normalized spacial score (nSPS) is 23.1. The molecule has 0 N–H and O–H groups in total. The monoisotopic (exact) mass is 486 g/mol. The first-order chi connectivity index (χ1) is 15.9. The largest absolute Gasteiger partial charge is 0.491 e. The number of aryl methyl sites for hydroxylation is 1. The molecule has 2 heterocycles. The molecule has 2 aromatic carbocycles. The third-order valence-electron chi connectivity index (χ3n) is 6.95. The summed E-state index contributed by atoms with van der Waals surface area (Å²) in [5.74, 6) is 1.50. The van der Waals surface area contributed by atoms with Crippen LogP contribution < -0.4 is 4.74 Å². The van der Waals surface area contributed by atoms with Crippen LogP contribution in [0.4, 0.5) is 0 Å². The SMILES string of the molecule is CCC1CN(Cc2ccccc2)CC2(CCN(C(=O)c3ccc(OC(C)C)c(C)c3)CO2)C1.Cl. The molecule has 1 spiro atoms. The highest BCUT2D eigenvalue weighted by molar-refractivity contribution is 5.94. The van der Waals surface area contributed by atoms with Crippen molar-refractivity contribution in [3.63, 3.8) is 0 Å². The summed E-state index contributed by atoms with van der Waals surface area (Å²) in [5.41, 5.74) is 2.87. The number of rotatable bonds is 6. The molecule has 0 radical (unpaired) electrons. The number of amides is 1. The summed E-state index contributed by atoms with van der Waals surface area (Å²) in [6.07, 6.45) is 3.23. The molecule has 0 bridgehead atoms. The van der Waals surface area contributed by atoms with Gasteiger partial charge in [-0.15, -0.1) is 12.4 Å². The topological polar surface area (TPSA) is 42.0 Å². The summed E-state index contributed by atoms with van der Waals surface area (Å²) < 4.78 is 12.3. The van der Waals surface area contributed by atoms with E-state index in [0.717, 1.165) is 56.8 Å². The van der Waals surface area contributed by atoms with Crippen molar-refractivity contribution in [3.05, 3.63) is 65.2 Å². The number of hydrogen-bond acceptors (Lipinski definition) is 4. The third-order valence-corrected chi connectivity index (χ3v) is 6.95. The molecule has 2 aliphatic rings. The molecule has 186 valence electrons. The Balaban J connectivity index is 0.00000324. The number of piperidine rings is 1. The zero-order valence-corrected chi connectivity index (χ0v) is 21.8. The lowest BCUT2D eigenvalue weighted by Crippen LogP contribution is -2.58. The van der Waals surface area contributed by atoms with Crippen molar-refractivity contribution in [1.29, 1.82) is 0 Å². The van der Waals surface area contributed by atoms with Crippen molar-refractivity contribution in [2.45, 2.75) is 65.2 Å². The van der Waals surface area contributed by atoms with Gasteiger partial charge in [-0.3, -0.25) is 9.69 Å². The van der Waals surface area contributed by atoms with Gasteiger partial charge < -0.3 is 14.4 Å². The zero-order valence-electron chi connectivity index (χ0n) is 21.0. The van der Waals surface area contributed by atoms with Gasteiger partial charge in [0.15, 0.2) is 0 Å². The molecular weight excluding hydrogens is 448 g/mol. The minimum absolute atomic E-state index is 0. The third kappa shape index (κ3) is 6.32. The summed E-state index contributed by atoms with van der Waals surface area (Å²) in [6.45, 7) is 12.4. The maximum Gasteiger partial charge on any atom is 0.255 e. The fourth-order valence-corrected chi connectivity index (χ4v) is 5.22. The first kappa shape index (κ1) is 26.5. The van der Waals surface area contributed by atoms with Gasteiger partial charge in [0.05, 0.1) is 11.7 Å². The van der Waals surface area contributed by atoms with Gasteiger partial charge in [-0.25, -0.2) is 0 Å². The van der Waals surface area contributed by atoms with E-state index < -0.39 is 0 Å². The van der Waals surface area contributed by atoms with Gasteiger partial charge in [0.25, 0.3) is 5.91 Å². The van der Waals surface area contributed by atoms with E-state index in [2.05, 4.69) is 42.2 Å². The maximum atomic E-state index is 13.2. The van der Waals surface area contributed by atoms with Crippen LogP contribution in [0.1, 0.15) is 61.5 Å². The molecule has 5 nitrogen and oxygen atoms in total. The number of ether oxygens (including phenoxy) is 2. The summed E-state index contributed by atoms with van der Waals surface area (Å²) in [4.78, 5) is 17.6. The van der Waals surface area contributed by atoms with Crippen molar-refractivity contribution < 1.29 is 14.3 Å². The quantitative estimate of drug-likeness (QED) is 0.525. The highest BCUT2D eigenvalue weighted by Crippen LogP contribution is 2.36. The van der Waals surface area contributed by atoms with Gasteiger partial charge in [0.2, 0.25) is 0 Å². The number of halogens is 1. The number of carbonyl (C=O) groups excluding carboxylic acids is 1. The summed E-state index contributed by atoms with van der Waals surface area (Å²) in [7, 11) is 0. The molecule has 6 heteroatoms. The standard InChI is InChI=1S/C28H38N2O3.ClH/c1-5-23-16-28(19-29(17-23)18-24-9-7-6-8-10-24)13-14-30(20-32-28)27(31)25-11-12-26(22(4)15-25)33-21(2)3;/h6-12,15,21,23H,5,13-14,16-20H2,1-4H3;1H. The molecule has 1 amide bonds. The van der Waals surface area contributed by atoms with E-state index in [-0.39, 0.29) is 30.0 Å². The van der Waals surface area contributed by atoms with E-state index in [1.165, 1.54) is 5.56 Å². The lowest BCUT2D eigenvalue weighted by atomic mass is 9.81. The van der Waals surface area contributed by atoms with Gasteiger partial charge in [-0.2, -0.15) is 0 Å². The van der Waals surface area contributed by atoms with E-state index >= 15 is 0 Å². The van der Waals surface area contributed by atoms with Crippen LogP contribution in [0.15, 0.2) is 48.5 Å². The molecule has 2 atom stereocenters. The first-order valence-electron chi connectivity index (χ1n) is 12.3. The lowest BCUT2D eigenvalue weighted by Gasteiger charge is -2.49. The van der Waals surface area contributed by atoms with Gasteiger partial charge in [0, 0.05) is 31.7 Å². The van der Waals surface area contributed by atoms with Crippen molar-refractivity contribution in [3.8, 4) is 5.75 Å². The molecule has 2 saturated heterocycles. The number of likely N-dealkylation sites (tertiary alicyclic amines) is 1. The van der Waals surface area contributed by atoms with Crippen molar-refractivity contribution in [2.24, 2.45) is 5.92 Å². The van der Waals surface area contributed by atoms with Crippen LogP contribution in [0, 0.1) is 12.8 Å². The van der Waals surface area contributed by atoms with Crippen LogP contribution in [0.3, 0.4) is 0 Å². The Hall–Kier alpha value is -2.08. The van der Waals surface area contributed by atoms with E-state index in [0.29, 0.717) is 18.2 Å². The second kappa shape index (κ2) is 11.6. The Morgan fingerprint density at radius 3 is 2.59 bits per heavy atom. The molecule has 0 aromatic heterocycles. The Morgan fingerprint density at radius 1 is 1.21 bits per heavy atom. The Morgan fingerprint density at radius 2 is 1.97 bits per heavy atom. The second-order valence-corrected chi connectivity index (χ2v) is 10.1. The molecule has 0 aliphatic carbocycles. The number of hydrogen-bond donors (Lipinski definition) is 0. The van der Waals surface area contributed by atoms with Crippen LogP contribution in [0.2, 0.25) is 0 Å². The van der Waals surface area contributed by atoms with Crippen LogP contribution in [0.5, 0.6) is 5.75 Å². The average Bonchev–Trinajstić information content (AvgIpc) is 2.80. The Kier molecular flexibility index (Phi) is 9.02. The molecular formula is C28H39ClN2O3. The Bertz CT molecular complexity index is 942. The maximum absolute atomic E-state index is 13.2. The highest BCUT2D eigenvalue weighted by atomic mass is 35.5. The molecule has 34 heavy (non-hydrogen) atoms. The Labute approximate surface area is 210 Å². The van der Waals surface area contributed by atoms with E-state index in [4.69, 9.17) is 9.47 Å². The molecule has 2 aromatic rings. The van der Waals surface area contributed by atoms with Crippen LogP contribution >= 0.6 is 12.4 Å². The zero-order chi connectivity index (χ0) is 23.4. The fraction of sp³-hybridized carbons (Fsp3) is 0.536. The number of carbonyl (C=O) groups is 1. The molecule has 0 saturated carbocycles. The average molecular weight is 487 g/mol.